The molecule has 7 nitrogen and oxygen atoms in total. The Morgan fingerprint density at radius 2 is 1.94 bits per heavy atom. The summed E-state index contributed by atoms with van der Waals surface area (Å²) in [6.07, 6.45) is 2.06. The van der Waals surface area contributed by atoms with Crippen LogP contribution in [0.4, 0.5) is 0 Å². The fourth-order valence-electron chi connectivity index (χ4n) is 5.61. The molecule has 0 bridgehead atoms. The van der Waals surface area contributed by atoms with Crippen molar-refractivity contribution in [2.45, 2.75) is 37.4 Å². The Morgan fingerprint density at radius 1 is 1.10 bits per heavy atom. The minimum atomic E-state index is -0.529. The van der Waals surface area contributed by atoms with Gasteiger partial charge in [-0.2, -0.15) is 0 Å². The van der Waals surface area contributed by atoms with E-state index in [1.165, 1.54) is 7.11 Å². The molecular weight excluding hydrogens is 394 g/mol. The Bertz CT molecular complexity index is 1230. The number of carbonyl (C=O) groups excluding carboxylic acids is 2. The first-order valence-electron chi connectivity index (χ1n) is 10.7. The topological polar surface area (TPSA) is 85.9 Å². The number of fused-ring (bicyclic) bond motifs is 5. The van der Waals surface area contributed by atoms with Gasteiger partial charge in [0.15, 0.2) is 11.5 Å². The number of para-hydroxylation sites is 1. The van der Waals surface area contributed by atoms with Gasteiger partial charge < -0.3 is 24.6 Å². The number of nitrogens with zero attached hydrogens (tertiary/aromatic N) is 2. The summed E-state index contributed by atoms with van der Waals surface area (Å²) < 4.78 is 5.34. The third-order valence-electron chi connectivity index (χ3n) is 7.01. The first-order valence-corrected chi connectivity index (χ1v) is 10.7. The summed E-state index contributed by atoms with van der Waals surface area (Å²) in [5, 5.41) is 11.2. The summed E-state index contributed by atoms with van der Waals surface area (Å²) in [5.74, 6) is 0.422. The number of ether oxygens (including phenoxy) is 1. The first kappa shape index (κ1) is 18.3. The van der Waals surface area contributed by atoms with E-state index in [2.05, 4.69) is 11.1 Å². The number of piperazine rings is 1. The molecule has 158 valence electrons. The molecule has 2 fully saturated rings. The lowest BCUT2D eigenvalue weighted by Crippen LogP contribution is -2.65. The van der Waals surface area contributed by atoms with Gasteiger partial charge in [-0.05, 0) is 42.2 Å². The average Bonchev–Trinajstić information content (AvgIpc) is 3.42. The first-order chi connectivity index (χ1) is 15.1. The lowest BCUT2D eigenvalue weighted by molar-refractivity contribution is -0.162. The highest BCUT2D eigenvalue weighted by molar-refractivity contribution is 5.99. The molecule has 0 saturated carbocycles. The van der Waals surface area contributed by atoms with E-state index in [0.29, 0.717) is 25.1 Å². The van der Waals surface area contributed by atoms with Crippen LogP contribution in [0.15, 0.2) is 42.5 Å². The van der Waals surface area contributed by atoms with E-state index in [4.69, 9.17) is 4.74 Å². The van der Waals surface area contributed by atoms with Gasteiger partial charge in [-0.15, -0.1) is 0 Å². The van der Waals surface area contributed by atoms with Crippen LogP contribution >= 0.6 is 0 Å². The number of phenolic OH excluding ortho intramolecular Hbond substituents is 1. The Labute approximate surface area is 179 Å². The minimum absolute atomic E-state index is 0.00319. The van der Waals surface area contributed by atoms with Gasteiger partial charge in [0.2, 0.25) is 11.8 Å². The van der Waals surface area contributed by atoms with Gasteiger partial charge in [-0.1, -0.05) is 24.3 Å². The highest BCUT2D eigenvalue weighted by Gasteiger charge is 2.53. The molecule has 3 atom stereocenters. The van der Waals surface area contributed by atoms with E-state index < -0.39 is 12.1 Å². The van der Waals surface area contributed by atoms with Crippen molar-refractivity contribution in [2.24, 2.45) is 0 Å². The molecule has 2 N–H and O–H groups in total. The number of phenols is 1. The molecule has 2 aromatic carbocycles. The SMILES string of the molecule is COc1cc([C@H]2c3[nH]c4ccccc4c3C[C@H]3C(=O)N4CCC[C@H]4C(=O)N23)ccc1O. The fraction of sp³-hybridized carbons (Fsp3) is 0.333. The number of amides is 2. The standard InChI is InChI=1S/C24H23N3O4/c1-31-20-11-13(8-9-19(20)28)22-21-15(14-5-2-3-6-16(14)25-21)12-18-23(29)26-10-4-7-17(26)24(30)27(18)22/h2-3,5-6,8-9,11,17-18,22,25,28H,4,7,10,12H2,1H3/t17-,18-,22-/m0/s1. The predicted octanol–water partition coefficient (Wildman–Crippen LogP) is 2.73. The third-order valence-corrected chi connectivity index (χ3v) is 7.01. The summed E-state index contributed by atoms with van der Waals surface area (Å²) in [5.41, 5.74) is 3.80. The van der Waals surface area contributed by atoms with Crippen LogP contribution in [0.2, 0.25) is 0 Å². The molecule has 7 heteroatoms. The summed E-state index contributed by atoms with van der Waals surface area (Å²) in [6.45, 7) is 0.651. The maximum Gasteiger partial charge on any atom is 0.246 e. The lowest BCUT2D eigenvalue weighted by Gasteiger charge is -2.48. The molecule has 1 aromatic heterocycles. The van der Waals surface area contributed by atoms with Crippen molar-refractivity contribution in [3.05, 3.63) is 59.3 Å². The van der Waals surface area contributed by atoms with Crippen molar-refractivity contribution in [3.8, 4) is 11.5 Å². The maximum atomic E-state index is 13.7. The maximum absolute atomic E-state index is 13.7. The molecule has 2 saturated heterocycles. The monoisotopic (exact) mass is 417 g/mol. The Morgan fingerprint density at radius 3 is 2.77 bits per heavy atom. The summed E-state index contributed by atoms with van der Waals surface area (Å²) in [7, 11) is 1.50. The van der Waals surface area contributed by atoms with Crippen LogP contribution in [0.5, 0.6) is 11.5 Å². The molecule has 0 aliphatic carbocycles. The number of aromatic nitrogens is 1. The van der Waals surface area contributed by atoms with Crippen LogP contribution in [0, 0.1) is 0 Å². The van der Waals surface area contributed by atoms with Gasteiger partial charge in [0.1, 0.15) is 12.1 Å². The van der Waals surface area contributed by atoms with Crippen molar-refractivity contribution in [1.29, 1.82) is 0 Å². The summed E-state index contributed by atoms with van der Waals surface area (Å²) in [4.78, 5) is 34.2. The van der Waals surface area contributed by atoms with E-state index in [1.807, 2.05) is 18.2 Å². The van der Waals surface area contributed by atoms with Gasteiger partial charge in [-0.3, -0.25) is 9.59 Å². The van der Waals surface area contributed by atoms with E-state index in [0.717, 1.165) is 34.1 Å². The molecule has 0 unspecified atom stereocenters. The van der Waals surface area contributed by atoms with Crippen LogP contribution in [0.25, 0.3) is 10.9 Å². The molecule has 31 heavy (non-hydrogen) atoms. The highest BCUT2D eigenvalue weighted by Crippen LogP contribution is 2.45. The summed E-state index contributed by atoms with van der Waals surface area (Å²) in [6, 6.07) is 11.8. The van der Waals surface area contributed by atoms with Crippen molar-refractivity contribution in [1.82, 2.24) is 14.8 Å². The second-order valence-corrected chi connectivity index (χ2v) is 8.55. The van der Waals surface area contributed by atoms with Gasteiger partial charge in [-0.25, -0.2) is 0 Å². The van der Waals surface area contributed by atoms with Crippen LogP contribution < -0.4 is 4.74 Å². The number of H-pyrrole nitrogens is 1. The minimum Gasteiger partial charge on any atom is -0.504 e. The molecule has 6 rings (SSSR count). The number of aromatic amines is 1. The number of nitrogens with one attached hydrogen (secondary N) is 1. The molecule has 3 aliphatic heterocycles. The molecule has 4 heterocycles. The fourth-order valence-corrected chi connectivity index (χ4v) is 5.61. The van der Waals surface area contributed by atoms with E-state index in [9.17, 15) is 14.7 Å². The van der Waals surface area contributed by atoms with Gasteiger partial charge in [0.25, 0.3) is 0 Å². The van der Waals surface area contributed by atoms with Crippen molar-refractivity contribution >= 4 is 22.7 Å². The van der Waals surface area contributed by atoms with Gasteiger partial charge in [0, 0.05) is 29.6 Å². The molecule has 2 amide bonds. The second kappa shape index (κ2) is 6.51. The van der Waals surface area contributed by atoms with Crippen LogP contribution in [-0.4, -0.2) is 57.4 Å². The number of carbonyl (C=O) groups is 2. The molecule has 3 aliphatic rings. The third kappa shape index (κ3) is 2.46. The molecule has 3 aromatic rings. The number of hydrogen-bond donors (Lipinski definition) is 2. The Kier molecular flexibility index (Phi) is 3.84. The highest BCUT2D eigenvalue weighted by atomic mass is 16.5. The van der Waals surface area contributed by atoms with Crippen LogP contribution in [0.3, 0.4) is 0 Å². The smallest absolute Gasteiger partial charge is 0.246 e. The van der Waals surface area contributed by atoms with Crippen molar-refractivity contribution in [3.63, 3.8) is 0 Å². The predicted molar refractivity (Wildman–Crippen MR) is 114 cm³/mol. The van der Waals surface area contributed by atoms with E-state index in [1.54, 1.807) is 28.0 Å². The van der Waals surface area contributed by atoms with Crippen molar-refractivity contribution < 1.29 is 19.4 Å². The zero-order valence-electron chi connectivity index (χ0n) is 17.2. The molecule has 0 spiro atoms. The zero-order valence-corrected chi connectivity index (χ0v) is 17.2. The van der Waals surface area contributed by atoms with Gasteiger partial charge in [0.05, 0.1) is 13.2 Å². The second-order valence-electron chi connectivity index (χ2n) is 8.55. The van der Waals surface area contributed by atoms with E-state index >= 15 is 0 Å². The number of benzene rings is 2. The van der Waals surface area contributed by atoms with E-state index in [-0.39, 0.29) is 23.6 Å². The van der Waals surface area contributed by atoms with Crippen molar-refractivity contribution in [2.75, 3.05) is 13.7 Å². The van der Waals surface area contributed by atoms with Crippen LogP contribution in [-0.2, 0) is 16.0 Å². The van der Waals surface area contributed by atoms with Gasteiger partial charge >= 0.3 is 0 Å². The number of hydrogen-bond acceptors (Lipinski definition) is 4. The molecule has 0 radical (unpaired) electrons. The Hall–Kier alpha value is -3.48. The number of methoxy groups -OCH3 is 1. The number of aromatic hydroxyl groups is 1. The number of rotatable bonds is 2. The quantitative estimate of drug-likeness (QED) is 0.671. The molecular formula is C24H23N3O4. The largest absolute Gasteiger partial charge is 0.504 e. The normalized spacial score (nSPS) is 24.9. The van der Waals surface area contributed by atoms with Crippen LogP contribution in [0.1, 0.15) is 35.7 Å². The lowest BCUT2D eigenvalue weighted by atomic mass is 9.85. The summed E-state index contributed by atoms with van der Waals surface area (Å²) >= 11 is 0. The average molecular weight is 417 g/mol. The zero-order chi connectivity index (χ0) is 21.3. The Balaban J connectivity index is 1.59.